The van der Waals surface area contributed by atoms with Gasteiger partial charge in [0.2, 0.25) is 0 Å². The molecule has 5 fully saturated rings. The van der Waals surface area contributed by atoms with Crippen LogP contribution in [0.25, 0.3) is 10.8 Å². The number of rotatable bonds is 9. The van der Waals surface area contributed by atoms with Crippen LogP contribution >= 0.6 is 0 Å². The van der Waals surface area contributed by atoms with Crippen LogP contribution in [-0.2, 0) is 16.0 Å². The van der Waals surface area contributed by atoms with Crippen LogP contribution in [0.15, 0.2) is 90.4 Å². The Hall–Kier alpha value is -5.38. The monoisotopic (exact) mass is 959 g/mol. The Morgan fingerprint density at radius 3 is 2.54 bits per heavy atom. The van der Waals surface area contributed by atoms with E-state index in [1.54, 1.807) is 12.1 Å². The highest BCUT2D eigenvalue weighted by atomic mass is 16.5. The summed E-state index contributed by atoms with van der Waals surface area (Å²) in [6.45, 7) is 1.49. The number of aliphatic hydroxyl groups excluding tert-OH is 3. The molecule has 8 aliphatic rings. The molecule has 1 saturated heterocycles. The number of fused-ring (bicyclic) bond motifs is 6. The van der Waals surface area contributed by atoms with Gasteiger partial charge in [-0.05, 0) is 168 Å². The van der Waals surface area contributed by atoms with Crippen molar-refractivity contribution < 1.29 is 34.8 Å². The molecule has 12 rings (SSSR count). The predicted molar refractivity (Wildman–Crippen MR) is 272 cm³/mol. The molecule has 1 aromatic heterocycles. The number of nitrogens with one attached hydrogen (secondary N) is 3. The molecule has 14 atom stereocenters. The number of aromatic amines is 1. The molecule has 4 saturated carbocycles. The summed E-state index contributed by atoms with van der Waals surface area (Å²) < 4.78 is 5.56. The van der Waals surface area contributed by atoms with E-state index in [4.69, 9.17) is 10.5 Å². The van der Waals surface area contributed by atoms with Crippen molar-refractivity contribution in [1.82, 2.24) is 15.6 Å². The number of aromatic nitrogens is 1. The molecule has 0 radical (unpaired) electrons. The van der Waals surface area contributed by atoms with Gasteiger partial charge in [0.25, 0.3) is 0 Å². The maximum atomic E-state index is 14.9. The van der Waals surface area contributed by atoms with Crippen LogP contribution in [-0.4, -0.2) is 81.5 Å². The molecule has 14 unspecified atom stereocenters. The smallest absolute Gasteiger partial charge is 0.160 e. The Balaban J connectivity index is 0.845. The first-order chi connectivity index (χ1) is 34.4. The van der Waals surface area contributed by atoms with E-state index in [-0.39, 0.29) is 65.8 Å². The molecule has 2 aliphatic heterocycles. The summed E-state index contributed by atoms with van der Waals surface area (Å²) in [6, 6.07) is 20.4. The Morgan fingerprint density at radius 2 is 1.73 bits per heavy atom. The minimum atomic E-state index is -1.29. The number of aliphatic hydroxyl groups is 3. The fourth-order valence-electron chi connectivity index (χ4n) is 16.6. The molecule has 71 heavy (non-hydrogen) atoms. The fraction of sp³-hybridized carbons (Fsp3) is 0.533. The minimum absolute atomic E-state index is 0.0408. The number of piperidine rings is 1. The van der Waals surface area contributed by atoms with E-state index in [2.05, 4.69) is 76.1 Å². The lowest BCUT2D eigenvalue weighted by Gasteiger charge is -2.65. The average Bonchev–Trinajstić information content (AvgIpc) is 4.09. The Labute approximate surface area is 417 Å². The van der Waals surface area contributed by atoms with Crippen molar-refractivity contribution in [2.75, 3.05) is 20.2 Å². The third-order valence-corrected chi connectivity index (χ3v) is 19.8. The topological polar surface area (TPSA) is 190 Å². The van der Waals surface area contributed by atoms with Crippen molar-refractivity contribution in [1.29, 1.82) is 0 Å². The first-order valence-electron chi connectivity index (χ1n) is 26.8. The molecule has 2 spiro atoms. The number of aryl methyl sites for hydroxylation is 1. The number of H-pyrrole nitrogens is 1. The molecule has 0 bridgehead atoms. The van der Waals surface area contributed by atoms with Crippen molar-refractivity contribution in [3.63, 3.8) is 0 Å². The van der Waals surface area contributed by atoms with Gasteiger partial charge in [-0.15, -0.1) is 0 Å². The Bertz CT molecular complexity index is 2870. The number of carbonyl (C=O) groups is 2. The molecule has 9 N–H and O–H groups in total. The van der Waals surface area contributed by atoms with Crippen LogP contribution in [0, 0.1) is 52.3 Å². The number of hydrogen-bond acceptors (Lipinski definition) is 10. The van der Waals surface area contributed by atoms with Crippen LogP contribution in [0.4, 0.5) is 0 Å². The zero-order chi connectivity index (χ0) is 48.8. The van der Waals surface area contributed by atoms with E-state index in [1.807, 2.05) is 18.2 Å². The highest BCUT2D eigenvalue weighted by molar-refractivity contribution is 5.89. The summed E-state index contributed by atoms with van der Waals surface area (Å²) in [6.07, 6.45) is 12.3. The number of carbonyl (C=O) groups excluding carboxylic acids is 2. The summed E-state index contributed by atoms with van der Waals surface area (Å²) in [5, 5.41) is 57.5. The largest absolute Gasteiger partial charge is 0.504 e. The number of nitrogens with two attached hydrogens (primary N) is 1. The molecule has 11 heteroatoms. The lowest BCUT2D eigenvalue weighted by molar-refractivity contribution is -0.145. The zero-order valence-electron chi connectivity index (χ0n) is 40.9. The summed E-state index contributed by atoms with van der Waals surface area (Å²) >= 11 is 0. The molecular formula is C60H70N4O7. The number of hydrogen-bond donors (Lipinski definition) is 8. The van der Waals surface area contributed by atoms with Gasteiger partial charge in [-0.25, -0.2) is 0 Å². The third-order valence-electron chi connectivity index (χ3n) is 19.8. The van der Waals surface area contributed by atoms with E-state index < -0.39 is 29.6 Å². The number of benzene rings is 3. The summed E-state index contributed by atoms with van der Waals surface area (Å²) in [7, 11) is 1.50. The summed E-state index contributed by atoms with van der Waals surface area (Å²) in [4.78, 5) is 31.8. The first-order valence-corrected chi connectivity index (χ1v) is 26.8. The average molecular weight is 959 g/mol. The second-order valence-corrected chi connectivity index (χ2v) is 23.0. The van der Waals surface area contributed by atoms with Gasteiger partial charge in [0.15, 0.2) is 17.3 Å². The normalized spacial score (nSPS) is 33.9. The van der Waals surface area contributed by atoms with Gasteiger partial charge in [0.05, 0.1) is 31.2 Å². The fourth-order valence-corrected chi connectivity index (χ4v) is 16.6. The van der Waals surface area contributed by atoms with E-state index in [1.165, 1.54) is 44.1 Å². The summed E-state index contributed by atoms with van der Waals surface area (Å²) in [5.41, 5.74) is 11.2. The van der Waals surface area contributed by atoms with Gasteiger partial charge in [-0.1, -0.05) is 73.2 Å². The predicted octanol–water partition coefficient (Wildman–Crippen LogP) is 7.89. The minimum Gasteiger partial charge on any atom is -0.504 e. The SMILES string of the molecule is COc1cc2c(cc1O)C(CC(O)C(O)CC(C1=CCNC(N)=C1)c1ccc3ccccc3c1)C#CC1(CCC(C3CC4c5[nH]ccc5C5CC(=O)CC6NCC(C4C65)C34CCCC4)CC1O)C(=O)CC2. The van der Waals surface area contributed by atoms with Crippen LogP contribution in [0.5, 0.6) is 11.5 Å². The maximum Gasteiger partial charge on any atom is 0.160 e. The van der Waals surface area contributed by atoms with Crippen LogP contribution in [0.1, 0.15) is 135 Å². The number of methoxy groups -OCH3 is 1. The quantitative estimate of drug-likeness (QED) is 0.0767. The van der Waals surface area contributed by atoms with Crippen molar-refractivity contribution in [3.05, 3.63) is 118 Å². The molecule has 0 amide bonds. The summed E-state index contributed by atoms with van der Waals surface area (Å²) in [5.74, 6) is 9.78. The number of phenols is 1. The standard InChI is InChI=1S/C60H70N4O7/c1-71-52-24-36-10-11-53(69)60(18-12-37(43(36)31-51(52)68)23-49(66)50(67)30-42(38-14-20-62-55(61)26-38)35-9-8-33-6-2-3-7-34(33)22-35)19-13-39(25-54(60)70)46-29-45-56-47(59(46)16-4-5-17-59)32-64-48-28-40(65)27-44(57(48)56)41-15-21-63-58(41)45/h2-3,6-9,14-15,21-22,24,26,31,37,39,42,44-50,54,56-57,62-64,66-68,70H,4-5,10-11,13,16-17,19-20,23,25,27-30,32,61H2,1H3. The van der Waals surface area contributed by atoms with Gasteiger partial charge >= 0.3 is 0 Å². The van der Waals surface area contributed by atoms with Crippen LogP contribution < -0.4 is 21.1 Å². The Morgan fingerprint density at radius 1 is 0.901 bits per heavy atom. The molecule has 3 aromatic carbocycles. The highest BCUT2D eigenvalue weighted by Gasteiger charge is 2.65. The number of ketones is 2. The van der Waals surface area contributed by atoms with Gasteiger partial charge in [-0.3, -0.25) is 9.59 Å². The highest BCUT2D eigenvalue weighted by Crippen LogP contribution is 2.70. The lowest BCUT2D eigenvalue weighted by Crippen LogP contribution is -2.65. The number of Topliss-reactive ketones (excluding diaryl/α,β-unsaturated/α-hetero) is 2. The second kappa shape index (κ2) is 18.3. The molecule has 6 aliphatic carbocycles. The number of ether oxygens (including phenoxy) is 1. The van der Waals surface area contributed by atoms with Crippen LogP contribution in [0.2, 0.25) is 0 Å². The van der Waals surface area contributed by atoms with Gasteiger partial charge < -0.3 is 46.5 Å². The molecule has 4 aromatic rings. The molecule has 3 heterocycles. The van der Waals surface area contributed by atoms with E-state index in [9.17, 15) is 30.0 Å². The van der Waals surface area contributed by atoms with Gasteiger partial charge in [0.1, 0.15) is 11.2 Å². The zero-order valence-corrected chi connectivity index (χ0v) is 40.9. The third kappa shape index (κ3) is 7.85. The van der Waals surface area contributed by atoms with Crippen molar-refractivity contribution >= 4 is 22.3 Å². The Kier molecular flexibility index (Phi) is 12.0. The van der Waals surface area contributed by atoms with E-state index in [0.717, 1.165) is 46.9 Å². The van der Waals surface area contributed by atoms with Gasteiger partial charge in [-0.2, -0.15) is 0 Å². The van der Waals surface area contributed by atoms with E-state index in [0.29, 0.717) is 85.4 Å². The van der Waals surface area contributed by atoms with Crippen molar-refractivity contribution in [3.8, 4) is 23.3 Å². The van der Waals surface area contributed by atoms with Crippen molar-refractivity contribution in [2.45, 2.75) is 138 Å². The molecule has 372 valence electrons. The number of dihydropyridines is 1. The van der Waals surface area contributed by atoms with Gasteiger partial charge in [0, 0.05) is 61.5 Å². The first kappa shape index (κ1) is 46.7. The molecule has 11 nitrogen and oxygen atoms in total. The van der Waals surface area contributed by atoms with E-state index >= 15 is 0 Å². The van der Waals surface area contributed by atoms with Crippen LogP contribution in [0.3, 0.4) is 0 Å². The number of allylic oxidation sites excluding steroid dienone is 2. The number of aromatic hydroxyl groups is 1. The van der Waals surface area contributed by atoms with Crippen molar-refractivity contribution in [2.24, 2.45) is 46.2 Å². The number of phenolic OH excluding ortho intramolecular Hbond substituents is 1. The molecular weight excluding hydrogens is 889 g/mol. The maximum absolute atomic E-state index is 14.9. The lowest BCUT2D eigenvalue weighted by atomic mass is 9.41. The second-order valence-electron chi connectivity index (χ2n) is 23.0.